The van der Waals surface area contributed by atoms with Crippen LogP contribution in [0.2, 0.25) is 0 Å². The van der Waals surface area contributed by atoms with E-state index in [-0.39, 0.29) is 10.6 Å². The van der Waals surface area contributed by atoms with Gasteiger partial charge in [0.1, 0.15) is 10.6 Å². The highest BCUT2D eigenvalue weighted by molar-refractivity contribution is 7.89. The molecule has 0 spiro atoms. The summed E-state index contributed by atoms with van der Waals surface area (Å²) in [7, 11) is -2.49. The van der Waals surface area contributed by atoms with Gasteiger partial charge in [0.05, 0.1) is 7.11 Å². The van der Waals surface area contributed by atoms with E-state index in [0.717, 1.165) is 11.6 Å². The molecule has 25 heavy (non-hydrogen) atoms. The van der Waals surface area contributed by atoms with Gasteiger partial charge in [-0.05, 0) is 36.3 Å². The molecule has 0 saturated carbocycles. The number of methoxy groups -OCH3 is 1. The number of sulfonamides is 1. The highest BCUT2D eigenvalue weighted by atomic mass is 32.2. The standard InChI is InChI=1S/C18H19NO5S/c1-13(15-6-4-3-5-7-15)19-25(22,23)17-12-14(9-11-18(20)21)8-10-16(17)24-2/h3-13,19H,1-2H3,(H,20,21)/b11-9+/t13-/m0/s1. The minimum absolute atomic E-state index is 0.0506. The van der Waals surface area contributed by atoms with Crippen molar-refractivity contribution < 1.29 is 23.1 Å². The van der Waals surface area contributed by atoms with E-state index in [2.05, 4.69) is 4.72 Å². The first kappa shape index (κ1) is 18.7. The van der Waals surface area contributed by atoms with Crippen molar-refractivity contribution in [1.29, 1.82) is 0 Å². The molecule has 1 atom stereocenters. The number of aliphatic carboxylic acids is 1. The second kappa shape index (κ2) is 7.96. The molecule has 0 aliphatic rings. The van der Waals surface area contributed by atoms with Crippen LogP contribution < -0.4 is 9.46 Å². The molecule has 0 radical (unpaired) electrons. The predicted octanol–water partition coefficient (Wildman–Crippen LogP) is 2.83. The zero-order chi connectivity index (χ0) is 18.4. The summed E-state index contributed by atoms with van der Waals surface area (Å²) in [5.74, 6) is -0.934. The van der Waals surface area contributed by atoms with Crippen LogP contribution in [0.5, 0.6) is 5.75 Å². The van der Waals surface area contributed by atoms with Crippen molar-refractivity contribution in [2.45, 2.75) is 17.9 Å². The van der Waals surface area contributed by atoms with E-state index in [4.69, 9.17) is 9.84 Å². The number of hydrogen-bond donors (Lipinski definition) is 2. The van der Waals surface area contributed by atoms with Crippen LogP contribution in [0.25, 0.3) is 6.08 Å². The fraction of sp³-hybridized carbons (Fsp3) is 0.167. The highest BCUT2D eigenvalue weighted by Crippen LogP contribution is 2.27. The number of benzene rings is 2. The molecule has 7 heteroatoms. The molecule has 0 fully saturated rings. The van der Waals surface area contributed by atoms with E-state index in [0.29, 0.717) is 5.56 Å². The van der Waals surface area contributed by atoms with Crippen molar-refractivity contribution >= 4 is 22.1 Å². The Morgan fingerprint density at radius 1 is 1.20 bits per heavy atom. The van der Waals surface area contributed by atoms with Gasteiger partial charge in [0.25, 0.3) is 0 Å². The Kier molecular flexibility index (Phi) is 5.95. The van der Waals surface area contributed by atoms with E-state index < -0.39 is 22.0 Å². The quantitative estimate of drug-likeness (QED) is 0.740. The molecular formula is C18H19NO5S. The van der Waals surface area contributed by atoms with Gasteiger partial charge in [0, 0.05) is 12.1 Å². The summed E-state index contributed by atoms with van der Waals surface area (Å²) in [4.78, 5) is 10.6. The molecule has 2 rings (SSSR count). The maximum Gasteiger partial charge on any atom is 0.328 e. The zero-order valence-electron chi connectivity index (χ0n) is 13.8. The van der Waals surface area contributed by atoms with Crippen LogP contribution in [0, 0.1) is 0 Å². The Hall–Kier alpha value is -2.64. The number of hydrogen-bond acceptors (Lipinski definition) is 4. The average molecular weight is 361 g/mol. The summed E-state index contributed by atoms with van der Waals surface area (Å²) < 4.78 is 33.3. The number of carboxylic acid groups (broad SMARTS) is 1. The average Bonchev–Trinajstić information content (AvgIpc) is 2.60. The Morgan fingerprint density at radius 3 is 2.48 bits per heavy atom. The Labute approximate surface area is 146 Å². The maximum atomic E-state index is 12.8. The third kappa shape index (κ3) is 4.91. The van der Waals surface area contributed by atoms with Gasteiger partial charge in [0.15, 0.2) is 0 Å². The van der Waals surface area contributed by atoms with Crippen LogP contribution in [0.3, 0.4) is 0 Å². The SMILES string of the molecule is COc1ccc(/C=C/C(=O)O)cc1S(=O)(=O)N[C@@H](C)c1ccccc1. The van der Waals surface area contributed by atoms with E-state index in [9.17, 15) is 13.2 Å². The molecule has 2 aromatic carbocycles. The Balaban J connectivity index is 2.36. The smallest absolute Gasteiger partial charge is 0.328 e. The molecule has 0 aliphatic heterocycles. The minimum atomic E-state index is -3.87. The van der Waals surface area contributed by atoms with Crippen molar-refractivity contribution in [2.24, 2.45) is 0 Å². The summed E-state index contributed by atoms with van der Waals surface area (Å²) in [6.45, 7) is 1.74. The number of nitrogens with one attached hydrogen (secondary N) is 1. The van der Waals surface area contributed by atoms with Crippen LogP contribution in [-0.4, -0.2) is 26.6 Å². The van der Waals surface area contributed by atoms with Gasteiger partial charge in [-0.25, -0.2) is 17.9 Å². The summed E-state index contributed by atoms with van der Waals surface area (Å²) in [5.41, 5.74) is 1.27. The van der Waals surface area contributed by atoms with Crippen molar-refractivity contribution in [1.82, 2.24) is 4.72 Å². The topological polar surface area (TPSA) is 92.7 Å². The number of carboxylic acids is 1. The summed E-state index contributed by atoms with van der Waals surface area (Å²) >= 11 is 0. The van der Waals surface area contributed by atoms with Crippen molar-refractivity contribution in [3.05, 3.63) is 65.7 Å². The Morgan fingerprint density at radius 2 is 1.88 bits per heavy atom. The highest BCUT2D eigenvalue weighted by Gasteiger charge is 2.22. The maximum absolute atomic E-state index is 12.8. The second-order valence-corrected chi connectivity index (χ2v) is 7.02. The summed E-state index contributed by atoms with van der Waals surface area (Å²) in [5, 5.41) is 8.71. The van der Waals surface area contributed by atoms with E-state index >= 15 is 0 Å². The molecule has 0 saturated heterocycles. The van der Waals surface area contributed by atoms with Crippen LogP contribution in [-0.2, 0) is 14.8 Å². The molecule has 0 aromatic heterocycles. The molecule has 0 heterocycles. The van der Waals surface area contributed by atoms with Crippen molar-refractivity contribution in [2.75, 3.05) is 7.11 Å². The van der Waals surface area contributed by atoms with Crippen molar-refractivity contribution in [3.8, 4) is 5.75 Å². The van der Waals surface area contributed by atoms with Crippen LogP contribution in [0.4, 0.5) is 0 Å². The lowest BCUT2D eigenvalue weighted by Gasteiger charge is -2.16. The Bertz CT molecular complexity index is 876. The van der Waals surface area contributed by atoms with Gasteiger partial charge in [-0.1, -0.05) is 36.4 Å². The lowest BCUT2D eigenvalue weighted by molar-refractivity contribution is -0.131. The minimum Gasteiger partial charge on any atom is -0.495 e. The van der Waals surface area contributed by atoms with Gasteiger partial charge in [0.2, 0.25) is 10.0 Å². The molecule has 132 valence electrons. The molecule has 2 N–H and O–H groups in total. The monoisotopic (exact) mass is 361 g/mol. The molecule has 0 unspecified atom stereocenters. The first-order valence-electron chi connectivity index (χ1n) is 7.50. The van der Waals surface area contributed by atoms with Crippen molar-refractivity contribution in [3.63, 3.8) is 0 Å². The van der Waals surface area contributed by atoms with Crippen LogP contribution in [0.15, 0.2) is 59.5 Å². The molecule has 0 amide bonds. The van der Waals surface area contributed by atoms with Gasteiger partial charge in [-0.15, -0.1) is 0 Å². The fourth-order valence-electron chi connectivity index (χ4n) is 2.28. The normalized spacial score (nSPS) is 12.9. The number of carbonyl (C=O) groups is 1. The molecular weight excluding hydrogens is 342 g/mol. The lowest BCUT2D eigenvalue weighted by atomic mass is 10.1. The van der Waals surface area contributed by atoms with Gasteiger partial charge >= 0.3 is 5.97 Å². The second-order valence-electron chi connectivity index (χ2n) is 5.34. The van der Waals surface area contributed by atoms with Gasteiger partial charge in [-0.3, -0.25) is 0 Å². The van der Waals surface area contributed by atoms with E-state index in [1.165, 1.54) is 25.3 Å². The first-order chi connectivity index (χ1) is 11.8. The molecule has 6 nitrogen and oxygen atoms in total. The third-order valence-electron chi connectivity index (χ3n) is 3.53. The summed E-state index contributed by atoms with van der Waals surface area (Å²) in [6, 6.07) is 13.2. The lowest BCUT2D eigenvalue weighted by Crippen LogP contribution is -2.27. The van der Waals surface area contributed by atoms with Crippen LogP contribution >= 0.6 is 0 Å². The number of rotatable bonds is 7. The van der Waals surface area contributed by atoms with Crippen LogP contribution in [0.1, 0.15) is 24.1 Å². The predicted molar refractivity (Wildman–Crippen MR) is 94.8 cm³/mol. The molecule has 2 aromatic rings. The first-order valence-corrected chi connectivity index (χ1v) is 8.98. The van der Waals surface area contributed by atoms with Gasteiger partial charge in [-0.2, -0.15) is 0 Å². The fourth-order valence-corrected chi connectivity index (χ4v) is 3.72. The zero-order valence-corrected chi connectivity index (χ0v) is 14.7. The van der Waals surface area contributed by atoms with Gasteiger partial charge < -0.3 is 9.84 Å². The molecule has 0 aliphatic carbocycles. The molecule has 0 bridgehead atoms. The van der Waals surface area contributed by atoms with E-state index in [1.54, 1.807) is 13.0 Å². The third-order valence-corrected chi connectivity index (χ3v) is 5.09. The van der Waals surface area contributed by atoms with E-state index in [1.807, 2.05) is 30.3 Å². The number of ether oxygens (including phenoxy) is 1. The largest absolute Gasteiger partial charge is 0.495 e. The summed E-state index contributed by atoms with van der Waals surface area (Å²) in [6.07, 6.45) is 2.26.